The molecule has 0 aromatic carbocycles. The fraction of sp³-hybridized carbons (Fsp3) is 0.444. The van der Waals surface area contributed by atoms with Gasteiger partial charge >= 0.3 is 5.97 Å². The largest absolute Gasteiger partial charge is 0.467 e. The molecular weight excluding hydrogens is 228 g/mol. The van der Waals surface area contributed by atoms with Crippen LogP contribution in [0.2, 0.25) is 0 Å². The van der Waals surface area contributed by atoms with Gasteiger partial charge in [0.25, 0.3) is 5.91 Å². The normalized spacial score (nSPS) is 11.9. The van der Waals surface area contributed by atoms with Gasteiger partial charge in [0, 0.05) is 7.05 Å². The third-order valence-electron chi connectivity index (χ3n) is 2.11. The summed E-state index contributed by atoms with van der Waals surface area (Å²) in [6.45, 7) is -0.254. The fourth-order valence-electron chi connectivity index (χ4n) is 1.23. The molecule has 17 heavy (non-hydrogen) atoms. The topological polar surface area (TPSA) is 119 Å². The summed E-state index contributed by atoms with van der Waals surface area (Å²) in [5.41, 5.74) is 5.92. The molecule has 0 bridgehead atoms. The molecule has 0 spiro atoms. The van der Waals surface area contributed by atoms with E-state index in [4.69, 9.17) is 5.73 Å². The molecule has 1 unspecified atom stereocenters. The predicted molar refractivity (Wildman–Crippen MR) is 58.0 cm³/mol. The zero-order valence-corrected chi connectivity index (χ0v) is 9.51. The SMILES string of the molecule is COC(=O)C(O)CNC(=O)c1c(N)cnn1C. The summed E-state index contributed by atoms with van der Waals surface area (Å²) < 4.78 is 5.60. The number of nitrogen functional groups attached to an aromatic ring is 1. The molecule has 1 heterocycles. The van der Waals surface area contributed by atoms with Gasteiger partial charge in [-0.2, -0.15) is 5.10 Å². The molecule has 8 heteroatoms. The first-order chi connectivity index (χ1) is 7.97. The number of carbonyl (C=O) groups is 2. The van der Waals surface area contributed by atoms with Crippen LogP contribution < -0.4 is 11.1 Å². The second-order valence-corrected chi connectivity index (χ2v) is 3.32. The van der Waals surface area contributed by atoms with Gasteiger partial charge < -0.3 is 20.9 Å². The van der Waals surface area contributed by atoms with Crippen molar-refractivity contribution in [3.05, 3.63) is 11.9 Å². The lowest BCUT2D eigenvalue weighted by Gasteiger charge is -2.10. The number of aryl methyl sites for hydroxylation is 1. The maximum atomic E-state index is 11.6. The molecule has 1 aromatic rings. The summed E-state index contributed by atoms with van der Waals surface area (Å²) in [6.07, 6.45) is -0.0653. The average molecular weight is 242 g/mol. The number of carbonyl (C=O) groups excluding carboxylic acids is 2. The number of nitrogens with two attached hydrogens (primary N) is 1. The third-order valence-corrected chi connectivity index (χ3v) is 2.11. The molecule has 1 amide bonds. The van der Waals surface area contributed by atoms with Crippen molar-refractivity contribution in [1.29, 1.82) is 0 Å². The number of hydrogen-bond donors (Lipinski definition) is 3. The fourth-order valence-corrected chi connectivity index (χ4v) is 1.23. The van der Waals surface area contributed by atoms with E-state index in [1.54, 1.807) is 7.05 Å². The van der Waals surface area contributed by atoms with Crippen molar-refractivity contribution < 1.29 is 19.4 Å². The second-order valence-electron chi connectivity index (χ2n) is 3.32. The van der Waals surface area contributed by atoms with Crippen molar-refractivity contribution in [2.75, 3.05) is 19.4 Å². The lowest BCUT2D eigenvalue weighted by Crippen LogP contribution is -2.38. The van der Waals surface area contributed by atoms with Gasteiger partial charge in [0.05, 0.1) is 25.5 Å². The molecule has 0 saturated heterocycles. The van der Waals surface area contributed by atoms with Gasteiger partial charge in [-0.05, 0) is 0 Å². The van der Waals surface area contributed by atoms with E-state index >= 15 is 0 Å². The van der Waals surface area contributed by atoms with Gasteiger partial charge in [0.15, 0.2) is 6.10 Å². The molecule has 0 saturated carbocycles. The summed E-state index contributed by atoms with van der Waals surface area (Å²) in [6, 6.07) is 0. The van der Waals surface area contributed by atoms with Crippen LogP contribution in [0.25, 0.3) is 0 Å². The molecule has 0 aliphatic carbocycles. The summed E-state index contributed by atoms with van der Waals surface area (Å²) in [5.74, 6) is -1.34. The predicted octanol–water partition coefficient (Wildman–Crippen LogP) is -1.73. The Morgan fingerprint density at radius 1 is 1.71 bits per heavy atom. The van der Waals surface area contributed by atoms with Gasteiger partial charge in [0.2, 0.25) is 0 Å². The van der Waals surface area contributed by atoms with Gasteiger partial charge in [-0.3, -0.25) is 9.48 Å². The maximum Gasteiger partial charge on any atom is 0.336 e. The van der Waals surface area contributed by atoms with E-state index in [1.807, 2.05) is 0 Å². The summed E-state index contributed by atoms with van der Waals surface area (Å²) >= 11 is 0. The number of nitrogens with zero attached hydrogens (tertiary/aromatic N) is 2. The minimum Gasteiger partial charge on any atom is -0.467 e. The lowest BCUT2D eigenvalue weighted by molar-refractivity contribution is -0.149. The molecule has 1 aromatic heterocycles. The van der Waals surface area contributed by atoms with Crippen molar-refractivity contribution >= 4 is 17.6 Å². The lowest BCUT2D eigenvalue weighted by atomic mass is 10.3. The Hall–Kier alpha value is -2.09. The summed E-state index contributed by atoms with van der Waals surface area (Å²) in [4.78, 5) is 22.5. The van der Waals surface area contributed by atoms with Gasteiger partial charge in [-0.15, -0.1) is 0 Å². The van der Waals surface area contributed by atoms with E-state index in [0.29, 0.717) is 0 Å². The third kappa shape index (κ3) is 2.94. The molecule has 0 radical (unpaired) electrons. The van der Waals surface area contributed by atoms with Gasteiger partial charge in [0.1, 0.15) is 5.69 Å². The molecule has 1 rings (SSSR count). The molecule has 4 N–H and O–H groups in total. The van der Waals surface area contributed by atoms with E-state index in [9.17, 15) is 14.7 Å². The van der Waals surface area contributed by atoms with Gasteiger partial charge in [-0.25, -0.2) is 4.79 Å². The Labute approximate surface area is 97.3 Å². The number of methoxy groups -OCH3 is 1. The number of rotatable bonds is 4. The van der Waals surface area contributed by atoms with Crippen LogP contribution in [-0.2, 0) is 16.6 Å². The standard InChI is InChI=1S/C9H14N4O4/c1-13-7(5(10)3-12-13)8(15)11-4-6(14)9(16)17-2/h3,6,14H,4,10H2,1-2H3,(H,11,15). The molecule has 1 atom stereocenters. The van der Waals surface area contributed by atoms with Crippen molar-refractivity contribution in [2.45, 2.75) is 6.10 Å². The second kappa shape index (κ2) is 5.30. The Balaban J connectivity index is 2.59. The van der Waals surface area contributed by atoms with Crippen LogP contribution in [0.4, 0.5) is 5.69 Å². The Kier molecular flexibility index (Phi) is 4.05. The van der Waals surface area contributed by atoms with E-state index in [-0.39, 0.29) is 17.9 Å². The number of nitrogens with one attached hydrogen (secondary N) is 1. The maximum absolute atomic E-state index is 11.6. The van der Waals surface area contributed by atoms with Crippen LogP contribution in [0.5, 0.6) is 0 Å². The summed E-state index contributed by atoms with van der Waals surface area (Å²) in [5, 5.41) is 15.4. The number of aliphatic hydroxyl groups is 1. The number of aliphatic hydroxyl groups excluding tert-OH is 1. The molecule has 0 aliphatic heterocycles. The number of hydrogen-bond acceptors (Lipinski definition) is 6. The van der Waals surface area contributed by atoms with E-state index in [1.165, 1.54) is 10.9 Å². The number of ether oxygens (including phenoxy) is 1. The highest BCUT2D eigenvalue weighted by molar-refractivity contribution is 5.97. The van der Waals surface area contributed by atoms with E-state index < -0.39 is 18.0 Å². The van der Waals surface area contributed by atoms with Crippen LogP contribution in [-0.4, -0.2) is 46.5 Å². The molecule has 0 fully saturated rings. The highest BCUT2D eigenvalue weighted by atomic mass is 16.5. The Bertz CT molecular complexity index is 409. The van der Waals surface area contributed by atoms with Crippen molar-refractivity contribution in [1.82, 2.24) is 15.1 Å². The molecule has 94 valence electrons. The van der Waals surface area contributed by atoms with Crippen LogP contribution in [0.1, 0.15) is 10.5 Å². The quantitative estimate of drug-likeness (QED) is 0.539. The van der Waals surface area contributed by atoms with Crippen molar-refractivity contribution in [3.8, 4) is 0 Å². The average Bonchev–Trinajstić information content (AvgIpc) is 2.64. The van der Waals surface area contributed by atoms with Crippen molar-refractivity contribution in [3.63, 3.8) is 0 Å². The van der Waals surface area contributed by atoms with Gasteiger partial charge in [-0.1, -0.05) is 0 Å². The number of aromatic nitrogens is 2. The molecular formula is C9H14N4O4. The Morgan fingerprint density at radius 2 is 2.35 bits per heavy atom. The first-order valence-corrected chi connectivity index (χ1v) is 4.79. The van der Waals surface area contributed by atoms with E-state index in [2.05, 4.69) is 15.2 Å². The highest BCUT2D eigenvalue weighted by Gasteiger charge is 2.19. The van der Waals surface area contributed by atoms with Crippen molar-refractivity contribution in [2.24, 2.45) is 7.05 Å². The number of esters is 1. The number of amides is 1. The smallest absolute Gasteiger partial charge is 0.336 e. The molecule has 8 nitrogen and oxygen atoms in total. The highest BCUT2D eigenvalue weighted by Crippen LogP contribution is 2.08. The Morgan fingerprint density at radius 3 is 2.82 bits per heavy atom. The van der Waals surface area contributed by atoms with Crippen LogP contribution in [0.15, 0.2) is 6.20 Å². The summed E-state index contributed by atoms with van der Waals surface area (Å²) in [7, 11) is 2.70. The van der Waals surface area contributed by atoms with Crippen LogP contribution in [0.3, 0.4) is 0 Å². The zero-order chi connectivity index (χ0) is 13.0. The van der Waals surface area contributed by atoms with Crippen LogP contribution >= 0.6 is 0 Å². The number of anilines is 1. The van der Waals surface area contributed by atoms with E-state index in [0.717, 1.165) is 7.11 Å². The first-order valence-electron chi connectivity index (χ1n) is 4.79. The zero-order valence-electron chi connectivity index (χ0n) is 9.51. The van der Waals surface area contributed by atoms with Crippen LogP contribution in [0, 0.1) is 0 Å². The minimum atomic E-state index is -1.40. The molecule has 0 aliphatic rings. The monoisotopic (exact) mass is 242 g/mol. The first kappa shape index (κ1) is 13.0. The minimum absolute atomic E-state index is 0.169.